The molecule has 0 saturated carbocycles. The Kier molecular flexibility index (Phi) is 2.74. The van der Waals surface area contributed by atoms with Gasteiger partial charge in [-0.3, -0.25) is 4.98 Å². The fraction of sp³-hybridized carbons (Fsp3) is 0.333. The van der Waals surface area contributed by atoms with Gasteiger partial charge in [-0.2, -0.15) is 0 Å². The molecule has 1 aliphatic rings. The molecule has 0 spiro atoms. The van der Waals surface area contributed by atoms with Crippen LogP contribution in [-0.2, 0) is 12.8 Å². The zero-order valence-electron chi connectivity index (χ0n) is 10.8. The molecule has 3 heteroatoms. The number of hydrogen-bond donors (Lipinski definition) is 1. The highest BCUT2D eigenvalue weighted by molar-refractivity contribution is 5.40. The van der Waals surface area contributed by atoms with Gasteiger partial charge in [0.2, 0.25) is 0 Å². The Morgan fingerprint density at radius 2 is 1.72 bits per heavy atom. The van der Waals surface area contributed by atoms with Crippen molar-refractivity contribution in [2.24, 2.45) is 0 Å². The van der Waals surface area contributed by atoms with Crippen molar-refractivity contribution in [3.8, 4) is 0 Å². The summed E-state index contributed by atoms with van der Waals surface area (Å²) in [6.45, 7) is 3.98. The van der Waals surface area contributed by atoms with Crippen LogP contribution in [0.25, 0.3) is 0 Å². The molecule has 0 saturated heterocycles. The fourth-order valence-electron chi connectivity index (χ4n) is 2.48. The van der Waals surface area contributed by atoms with Gasteiger partial charge in [0.1, 0.15) is 5.82 Å². The van der Waals surface area contributed by atoms with Gasteiger partial charge in [-0.15, -0.1) is 0 Å². The van der Waals surface area contributed by atoms with Crippen molar-refractivity contribution in [3.05, 3.63) is 53.0 Å². The monoisotopic (exact) mass is 239 g/mol. The topological polar surface area (TPSA) is 37.8 Å². The lowest BCUT2D eigenvalue weighted by Crippen LogP contribution is -2.20. The lowest BCUT2D eigenvalue weighted by molar-refractivity contribution is 0.765. The smallest absolute Gasteiger partial charge is 0.145 e. The third-order valence-electron chi connectivity index (χ3n) is 3.60. The Morgan fingerprint density at radius 3 is 2.33 bits per heavy atom. The van der Waals surface area contributed by atoms with E-state index in [1.54, 1.807) is 0 Å². The number of nitrogens with zero attached hydrogens (tertiary/aromatic N) is 2. The average Bonchev–Trinajstić information content (AvgIpc) is 2.76. The number of aromatic nitrogens is 2. The molecule has 2 aromatic rings. The summed E-state index contributed by atoms with van der Waals surface area (Å²) in [5.41, 5.74) is 4.89. The Morgan fingerprint density at radius 1 is 1.06 bits per heavy atom. The summed E-state index contributed by atoms with van der Waals surface area (Å²) >= 11 is 0. The largest absolute Gasteiger partial charge is 0.365 e. The van der Waals surface area contributed by atoms with Crippen molar-refractivity contribution < 1.29 is 0 Å². The second-order valence-corrected chi connectivity index (χ2v) is 4.94. The van der Waals surface area contributed by atoms with Crippen LogP contribution >= 0.6 is 0 Å². The molecule has 18 heavy (non-hydrogen) atoms. The second kappa shape index (κ2) is 4.41. The summed E-state index contributed by atoms with van der Waals surface area (Å²) in [5, 5.41) is 3.48. The molecule has 1 N–H and O–H groups in total. The van der Waals surface area contributed by atoms with E-state index in [1.807, 2.05) is 20.0 Å². The predicted octanol–water partition coefficient (Wildman–Crippen LogP) is 2.67. The second-order valence-electron chi connectivity index (χ2n) is 4.94. The number of fused-ring (bicyclic) bond motifs is 1. The fourth-order valence-corrected chi connectivity index (χ4v) is 2.48. The van der Waals surface area contributed by atoms with Gasteiger partial charge in [0, 0.05) is 6.04 Å². The van der Waals surface area contributed by atoms with Gasteiger partial charge >= 0.3 is 0 Å². The normalized spacial score (nSPS) is 14.6. The summed E-state index contributed by atoms with van der Waals surface area (Å²) in [4.78, 5) is 8.87. The van der Waals surface area contributed by atoms with Crippen molar-refractivity contribution in [2.45, 2.75) is 32.7 Å². The number of hydrogen-bond acceptors (Lipinski definition) is 3. The van der Waals surface area contributed by atoms with E-state index in [9.17, 15) is 0 Å². The summed E-state index contributed by atoms with van der Waals surface area (Å²) in [6, 6.07) is 9.08. The van der Waals surface area contributed by atoms with Crippen molar-refractivity contribution in [1.82, 2.24) is 9.97 Å². The van der Waals surface area contributed by atoms with Crippen molar-refractivity contribution in [1.29, 1.82) is 0 Å². The standard InChI is InChI=1S/C15H17N3/c1-10-11(2)17-15(9-16-10)18-14-7-12-5-3-4-6-13(12)8-14/h3-6,9,14H,7-8H2,1-2H3,(H,17,18). The zero-order chi connectivity index (χ0) is 12.5. The van der Waals surface area contributed by atoms with Gasteiger partial charge in [-0.05, 0) is 37.8 Å². The molecule has 0 unspecified atom stereocenters. The van der Waals surface area contributed by atoms with E-state index in [0.29, 0.717) is 6.04 Å². The first-order valence-corrected chi connectivity index (χ1v) is 6.36. The molecule has 1 aromatic carbocycles. The molecule has 0 radical (unpaired) electrons. The number of anilines is 1. The summed E-state index contributed by atoms with van der Waals surface area (Å²) in [5.74, 6) is 0.885. The van der Waals surface area contributed by atoms with E-state index in [2.05, 4.69) is 39.6 Å². The molecule has 0 aliphatic heterocycles. The number of rotatable bonds is 2. The number of aryl methyl sites for hydroxylation is 2. The van der Waals surface area contributed by atoms with Gasteiger partial charge in [0.25, 0.3) is 0 Å². The lowest BCUT2D eigenvalue weighted by atomic mass is 10.1. The van der Waals surface area contributed by atoms with Crippen LogP contribution in [0.15, 0.2) is 30.5 Å². The maximum atomic E-state index is 4.53. The molecule has 1 heterocycles. The van der Waals surface area contributed by atoms with Crippen LogP contribution in [0.2, 0.25) is 0 Å². The van der Waals surface area contributed by atoms with Crippen LogP contribution in [0, 0.1) is 13.8 Å². The van der Waals surface area contributed by atoms with Crippen LogP contribution in [0.5, 0.6) is 0 Å². The van der Waals surface area contributed by atoms with Crippen LogP contribution in [0.3, 0.4) is 0 Å². The molecular weight excluding hydrogens is 222 g/mol. The Balaban J connectivity index is 1.74. The third kappa shape index (κ3) is 2.08. The summed E-state index contributed by atoms with van der Waals surface area (Å²) in [7, 11) is 0. The highest BCUT2D eigenvalue weighted by Gasteiger charge is 2.20. The number of benzene rings is 1. The Bertz CT molecular complexity index is 553. The number of nitrogens with one attached hydrogen (secondary N) is 1. The molecule has 3 nitrogen and oxygen atoms in total. The van der Waals surface area contributed by atoms with Crippen LogP contribution in [0.1, 0.15) is 22.5 Å². The minimum absolute atomic E-state index is 0.443. The van der Waals surface area contributed by atoms with Gasteiger partial charge in [-0.1, -0.05) is 24.3 Å². The van der Waals surface area contributed by atoms with Gasteiger partial charge in [0.05, 0.1) is 17.6 Å². The average molecular weight is 239 g/mol. The minimum Gasteiger partial charge on any atom is -0.365 e. The van der Waals surface area contributed by atoms with Crippen molar-refractivity contribution >= 4 is 5.82 Å². The van der Waals surface area contributed by atoms with Gasteiger partial charge in [0.15, 0.2) is 0 Å². The van der Waals surface area contributed by atoms with Crippen LogP contribution in [-0.4, -0.2) is 16.0 Å². The quantitative estimate of drug-likeness (QED) is 0.875. The van der Waals surface area contributed by atoms with Crippen molar-refractivity contribution in [2.75, 3.05) is 5.32 Å². The lowest BCUT2D eigenvalue weighted by Gasteiger charge is -2.13. The maximum Gasteiger partial charge on any atom is 0.145 e. The Hall–Kier alpha value is -1.90. The molecule has 0 amide bonds. The third-order valence-corrected chi connectivity index (χ3v) is 3.60. The summed E-state index contributed by atoms with van der Waals surface area (Å²) in [6.07, 6.45) is 3.97. The SMILES string of the molecule is Cc1ncc(NC2Cc3ccccc3C2)nc1C. The first-order valence-electron chi connectivity index (χ1n) is 6.36. The van der Waals surface area contributed by atoms with E-state index in [4.69, 9.17) is 0 Å². The molecule has 0 bridgehead atoms. The maximum absolute atomic E-state index is 4.53. The first-order chi connectivity index (χ1) is 8.72. The molecule has 1 aromatic heterocycles. The predicted molar refractivity (Wildman–Crippen MR) is 72.8 cm³/mol. The Labute approximate surface area is 107 Å². The van der Waals surface area contributed by atoms with E-state index in [-0.39, 0.29) is 0 Å². The minimum atomic E-state index is 0.443. The molecule has 0 fully saturated rings. The van der Waals surface area contributed by atoms with E-state index >= 15 is 0 Å². The van der Waals surface area contributed by atoms with Crippen LogP contribution < -0.4 is 5.32 Å². The molecule has 0 atom stereocenters. The van der Waals surface area contributed by atoms with Crippen LogP contribution in [0.4, 0.5) is 5.82 Å². The van der Waals surface area contributed by atoms with E-state index in [1.165, 1.54) is 11.1 Å². The zero-order valence-corrected chi connectivity index (χ0v) is 10.8. The molecule has 3 rings (SSSR count). The highest BCUT2D eigenvalue weighted by atomic mass is 15.0. The molecular formula is C15H17N3. The van der Waals surface area contributed by atoms with E-state index in [0.717, 1.165) is 30.0 Å². The molecule has 92 valence electrons. The molecule has 1 aliphatic carbocycles. The highest BCUT2D eigenvalue weighted by Crippen LogP contribution is 2.23. The van der Waals surface area contributed by atoms with Gasteiger partial charge < -0.3 is 5.32 Å². The van der Waals surface area contributed by atoms with Crippen molar-refractivity contribution in [3.63, 3.8) is 0 Å². The van der Waals surface area contributed by atoms with Gasteiger partial charge in [-0.25, -0.2) is 4.98 Å². The van der Waals surface area contributed by atoms with E-state index < -0.39 is 0 Å². The summed E-state index contributed by atoms with van der Waals surface area (Å²) < 4.78 is 0. The first kappa shape index (κ1) is 11.2.